The molecule has 0 spiro atoms. The summed E-state index contributed by atoms with van der Waals surface area (Å²) in [7, 11) is 3.21. The maximum absolute atomic E-state index is 9.26. The highest BCUT2D eigenvalue weighted by Gasteiger charge is 2.09. The zero-order valence-electron chi connectivity index (χ0n) is 13.8. The molecule has 2 N–H and O–H groups in total. The molecule has 0 amide bonds. The maximum Gasteiger partial charge on any atom is 0.203 e. The van der Waals surface area contributed by atoms with Crippen molar-refractivity contribution in [3.05, 3.63) is 53.4 Å². The number of nitrogens with zero attached hydrogens (tertiary/aromatic N) is 2. The van der Waals surface area contributed by atoms with E-state index < -0.39 is 0 Å². The molecule has 0 atom stereocenters. The number of phenolic OH excluding ortho intramolecular Hbond substituents is 1. The number of ether oxygens (including phenoxy) is 2. The summed E-state index contributed by atoms with van der Waals surface area (Å²) < 4.78 is 10.6. The van der Waals surface area contributed by atoms with E-state index in [2.05, 4.69) is 15.5 Å². The normalized spacial score (nSPS) is 10.8. The van der Waals surface area contributed by atoms with Crippen LogP contribution in [0.25, 0.3) is 11.3 Å². The van der Waals surface area contributed by atoms with Crippen molar-refractivity contribution < 1.29 is 14.6 Å². The van der Waals surface area contributed by atoms with Crippen molar-refractivity contribution >= 4 is 22.7 Å². The van der Waals surface area contributed by atoms with Crippen molar-refractivity contribution in [1.82, 2.24) is 4.98 Å². The van der Waals surface area contributed by atoms with Gasteiger partial charge in [-0.15, -0.1) is 11.3 Å². The largest absolute Gasteiger partial charge is 0.508 e. The fraction of sp³-hybridized carbons (Fsp3) is 0.111. The highest BCUT2D eigenvalue weighted by atomic mass is 32.1. The molecule has 0 bridgehead atoms. The van der Waals surface area contributed by atoms with Gasteiger partial charge in [0.2, 0.25) is 5.13 Å². The molecule has 25 heavy (non-hydrogen) atoms. The molecule has 0 aliphatic carbocycles. The second-order valence-corrected chi connectivity index (χ2v) is 5.93. The lowest BCUT2D eigenvalue weighted by Crippen LogP contribution is -1.92. The fourth-order valence-electron chi connectivity index (χ4n) is 2.18. The lowest BCUT2D eigenvalue weighted by molar-refractivity contribution is 0.355. The van der Waals surface area contributed by atoms with E-state index >= 15 is 0 Å². The van der Waals surface area contributed by atoms with E-state index in [4.69, 9.17) is 9.47 Å². The zero-order chi connectivity index (χ0) is 17.6. The lowest BCUT2D eigenvalue weighted by Gasteiger charge is -2.08. The van der Waals surface area contributed by atoms with Crippen LogP contribution in [0.2, 0.25) is 0 Å². The fourth-order valence-corrected chi connectivity index (χ4v) is 2.84. The quantitative estimate of drug-likeness (QED) is 0.517. The molecule has 0 saturated carbocycles. The van der Waals surface area contributed by atoms with Crippen molar-refractivity contribution in [2.75, 3.05) is 19.6 Å². The van der Waals surface area contributed by atoms with Crippen LogP contribution in [-0.2, 0) is 0 Å². The Bertz CT molecular complexity index is 876. The Kier molecular flexibility index (Phi) is 5.15. The third kappa shape index (κ3) is 4.07. The summed E-state index contributed by atoms with van der Waals surface area (Å²) in [4.78, 5) is 4.51. The number of thiazole rings is 1. The Morgan fingerprint density at radius 2 is 1.84 bits per heavy atom. The van der Waals surface area contributed by atoms with Gasteiger partial charge in [-0.1, -0.05) is 0 Å². The van der Waals surface area contributed by atoms with Gasteiger partial charge in [0.25, 0.3) is 0 Å². The molecule has 3 aromatic rings. The molecular weight excluding hydrogens is 338 g/mol. The van der Waals surface area contributed by atoms with Gasteiger partial charge in [0.15, 0.2) is 11.5 Å². The van der Waals surface area contributed by atoms with Crippen molar-refractivity contribution in [3.63, 3.8) is 0 Å². The molecular formula is C18H17N3O3S. The van der Waals surface area contributed by atoms with Gasteiger partial charge in [0.05, 0.1) is 26.1 Å². The number of benzene rings is 2. The molecule has 0 aliphatic heterocycles. The molecule has 0 aliphatic rings. The first-order valence-electron chi connectivity index (χ1n) is 7.45. The summed E-state index contributed by atoms with van der Waals surface area (Å²) in [6, 6.07) is 12.4. The molecule has 1 aromatic heterocycles. The molecule has 3 rings (SSSR count). The first-order chi connectivity index (χ1) is 12.2. The number of hydrazone groups is 1. The van der Waals surface area contributed by atoms with Crippen molar-refractivity contribution in [2.45, 2.75) is 0 Å². The standard InChI is InChI=1S/C18H17N3O3S/c1-23-16-8-5-13(9-17(16)24-2)15-11-25-18(20-15)21-19-10-12-3-6-14(22)7-4-12/h3-11,22H,1-2H3,(H,20,21)/b19-10-. The molecule has 0 unspecified atom stereocenters. The molecule has 1 heterocycles. The van der Waals surface area contributed by atoms with E-state index in [9.17, 15) is 5.11 Å². The Morgan fingerprint density at radius 1 is 1.08 bits per heavy atom. The predicted molar refractivity (Wildman–Crippen MR) is 100.0 cm³/mol. The summed E-state index contributed by atoms with van der Waals surface area (Å²) >= 11 is 1.46. The van der Waals surface area contributed by atoms with Crippen LogP contribution in [0.5, 0.6) is 17.2 Å². The number of nitrogens with one attached hydrogen (secondary N) is 1. The zero-order valence-corrected chi connectivity index (χ0v) is 14.6. The van der Waals surface area contributed by atoms with Gasteiger partial charge >= 0.3 is 0 Å². The maximum atomic E-state index is 9.26. The van der Waals surface area contributed by atoms with E-state index in [1.54, 1.807) is 44.7 Å². The Morgan fingerprint density at radius 3 is 2.56 bits per heavy atom. The van der Waals surface area contributed by atoms with Crippen LogP contribution in [0.4, 0.5) is 5.13 Å². The topological polar surface area (TPSA) is 76.0 Å². The summed E-state index contributed by atoms with van der Waals surface area (Å²) in [5, 5.41) is 16.0. The first-order valence-corrected chi connectivity index (χ1v) is 8.33. The second-order valence-electron chi connectivity index (χ2n) is 5.07. The molecule has 0 saturated heterocycles. The monoisotopic (exact) mass is 355 g/mol. The van der Waals surface area contributed by atoms with Crippen molar-refractivity contribution in [1.29, 1.82) is 0 Å². The lowest BCUT2D eigenvalue weighted by atomic mass is 10.1. The molecule has 6 nitrogen and oxygen atoms in total. The Balaban J connectivity index is 1.71. The third-order valence-corrected chi connectivity index (χ3v) is 4.20. The Hall–Kier alpha value is -3.06. The minimum Gasteiger partial charge on any atom is -0.508 e. The highest BCUT2D eigenvalue weighted by Crippen LogP contribution is 2.33. The summed E-state index contributed by atoms with van der Waals surface area (Å²) in [6.45, 7) is 0. The van der Waals surface area contributed by atoms with E-state index in [0.717, 1.165) is 16.8 Å². The number of rotatable bonds is 6. The van der Waals surface area contributed by atoms with Crippen LogP contribution < -0.4 is 14.9 Å². The van der Waals surface area contributed by atoms with Crippen molar-refractivity contribution in [3.8, 4) is 28.5 Å². The number of hydrogen-bond donors (Lipinski definition) is 2. The minimum absolute atomic E-state index is 0.226. The minimum atomic E-state index is 0.226. The van der Waals surface area contributed by atoms with E-state index in [-0.39, 0.29) is 5.75 Å². The van der Waals surface area contributed by atoms with Gasteiger partial charge < -0.3 is 14.6 Å². The molecule has 2 aromatic carbocycles. The number of phenols is 1. The van der Waals surface area contributed by atoms with Crippen LogP contribution in [0, 0.1) is 0 Å². The van der Waals surface area contributed by atoms with Crippen LogP contribution in [-0.4, -0.2) is 30.5 Å². The average molecular weight is 355 g/mol. The summed E-state index contributed by atoms with van der Waals surface area (Å²) in [5.41, 5.74) is 5.55. The summed E-state index contributed by atoms with van der Waals surface area (Å²) in [6.07, 6.45) is 1.66. The first kappa shape index (κ1) is 16.8. The SMILES string of the molecule is COc1ccc(-c2csc(N/N=C\c3ccc(O)cc3)n2)cc1OC. The van der Waals surface area contributed by atoms with Gasteiger partial charge in [0.1, 0.15) is 5.75 Å². The van der Waals surface area contributed by atoms with Crippen LogP contribution in [0.15, 0.2) is 52.9 Å². The van der Waals surface area contributed by atoms with Gasteiger partial charge in [-0.2, -0.15) is 5.10 Å². The molecule has 0 fully saturated rings. The van der Waals surface area contributed by atoms with E-state index in [0.29, 0.717) is 16.6 Å². The van der Waals surface area contributed by atoms with Crippen molar-refractivity contribution in [2.24, 2.45) is 5.10 Å². The van der Waals surface area contributed by atoms with Crippen LogP contribution >= 0.6 is 11.3 Å². The number of aromatic nitrogens is 1. The highest BCUT2D eigenvalue weighted by molar-refractivity contribution is 7.14. The van der Waals surface area contributed by atoms with Gasteiger partial charge in [-0.05, 0) is 48.0 Å². The van der Waals surface area contributed by atoms with Crippen LogP contribution in [0.1, 0.15) is 5.56 Å². The van der Waals surface area contributed by atoms with Gasteiger partial charge in [-0.25, -0.2) is 4.98 Å². The average Bonchev–Trinajstić information content (AvgIpc) is 3.11. The number of anilines is 1. The summed E-state index contributed by atoms with van der Waals surface area (Å²) in [5.74, 6) is 1.57. The number of aromatic hydroxyl groups is 1. The Labute approximate surface area is 149 Å². The van der Waals surface area contributed by atoms with Gasteiger partial charge in [0, 0.05) is 10.9 Å². The number of hydrogen-bond acceptors (Lipinski definition) is 7. The smallest absolute Gasteiger partial charge is 0.203 e. The predicted octanol–water partition coefficient (Wildman–Crippen LogP) is 3.98. The van der Waals surface area contributed by atoms with Gasteiger partial charge in [-0.3, -0.25) is 5.43 Å². The van der Waals surface area contributed by atoms with Crippen LogP contribution in [0.3, 0.4) is 0 Å². The second kappa shape index (κ2) is 7.67. The molecule has 7 heteroatoms. The van der Waals surface area contributed by atoms with E-state index in [1.807, 2.05) is 23.6 Å². The third-order valence-electron chi connectivity index (χ3n) is 3.45. The molecule has 128 valence electrons. The number of methoxy groups -OCH3 is 2. The molecule has 0 radical (unpaired) electrons. The van der Waals surface area contributed by atoms with E-state index in [1.165, 1.54) is 11.3 Å².